The van der Waals surface area contributed by atoms with Crippen LogP contribution in [0.2, 0.25) is 0 Å². The SMILES string of the molecule is [C-]#[N+]c1ccc(CCCNC(C)=O)c(N)c1. The Morgan fingerprint density at radius 1 is 1.56 bits per heavy atom. The summed E-state index contributed by atoms with van der Waals surface area (Å²) in [5, 5.41) is 2.73. The number of nitrogen functional groups attached to an aromatic ring is 1. The Morgan fingerprint density at radius 2 is 2.31 bits per heavy atom. The lowest BCUT2D eigenvalue weighted by molar-refractivity contribution is -0.118. The van der Waals surface area contributed by atoms with Gasteiger partial charge in [0.05, 0.1) is 6.57 Å². The lowest BCUT2D eigenvalue weighted by Crippen LogP contribution is -2.21. The number of rotatable bonds is 4. The molecular formula is C12H15N3O. The number of nitrogens with one attached hydrogen (secondary N) is 1. The van der Waals surface area contributed by atoms with Crippen LogP contribution in [0.4, 0.5) is 11.4 Å². The van der Waals surface area contributed by atoms with Crippen molar-refractivity contribution in [2.75, 3.05) is 12.3 Å². The van der Waals surface area contributed by atoms with Gasteiger partial charge in [-0.05, 0) is 24.5 Å². The van der Waals surface area contributed by atoms with E-state index in [1.54, 1.807) is 12.1 Å². The predicted octanol–water partition coefficient (Wildman–Crippen LogP) is 1.89. The van der Waals surface area contributed by atoms with Gasteiger partial charge in [0.1, 0.15) is 0 Å². The number of amides is 1. The largest absolute Gasteiger partial charge is 0.400 e. The first kappa shape index (κ1) is 12.1. The topological polar surface area (TPSA) is 59.5 Å². The molecule has 3 N–H and O–H groups in total. The molecule has 0 radical (unpaired) electrons. The summed E-state index contributed by atoms with van der Waals surface area (Å²) in [4.78, 5) is 13.9. The smallest absolute Gasteiger partial charge is 0.216 e. The Hall–Kier alpha value is -2.02. The van der Waals surface area contributed by atoms with Crippen LogP contribution in [0.1, 0.15) is 18.9 Å². The molecule has 0 heterocycles. The Morgan fingerprint density at radius 3 is 2.88 bits per heavy atom. The molecule has 1 aromatic carbocycles. The van der Waals surface area contributed by atoms with E-state index in [-0.39, 0.29) is 5.91 Å². The number of carbonyl (C=O) groups excluding carboxylic acids is 1. The van der Waals surface area contributed by atoms with Gasteiger partial charge >= 0.3 is 0 Å². The Balaban J connectivity index is 2.49. The van der Waals surface area contributed by atoms with Crippen molar-refractivity contribution >= 4 is 17.3 Å². The highest BCUT2D eigenvalue weighted by atomic mass is 16.1. The number of hydrogen-bond donors (Lipinski definition) is 2. The average Bonchev–Trinajstić information content (AvgIpc) is 2.25. The second kappa shape index (κ2) is 5.76. The molecule has 4 nitrogen and oxygen atoms in total. The monoisotopic (exact) mass is 217 g/mol. The molecule has 0 atom stereocenters. The molecule has 1 rings (SSSR count). The molecule has 0 unspecified atom stereocenters. The van der Waals surface area contributed by atoms with Crippen molar-refractivity contribution < 1.29 is 4.79 Å². The van der Waals surface area contributed by atoms with Crippen LogP contribution < -0.4 is 11.1 Å². The molecule has 0 aliphatic rings. The molecule has 4 heteroatoms. The van der Waals surface area contributed by atoms with Crippen LogP contribution in [0.15, 0.2) is 18.2 Å². The van der Waals surface area contributed by atoms with Gasteiger partial charge in [-0.2, -0.15) is 0 Å². The van der Waals surface area contributed by atoms with Crippen LogP contribution in [0.5, 0.6) is 0 Å². The van der Waals surface area contributed by atoms with Crippen molar-refractivity contribution in [2.24, 2.45) is 0 Å². The summed E-state index contributed by atoms with van der Waals surface area (Å²) < 4.78 is 0. The summed E-state index contributed by atoms with van der Waals surface area (Å²) in [7, 11) is 0. The van der Waals surface area contributed by atoms with Crippen molar-refractivity contribution in [1.29, 1.82) is 0 Å². The summed E-state index contributed by atoms with van der Waals surface area (Å²) in [5.41, 5.74) is 8.04. The number of hydrogen-bond acceptors (Lipinski definition) is 2. The number of carbonyl (C=O) groups is 1. The lowest BCUT2D eigenvalue weighted by atomic mass is 10.1. The van der Waals surface area contributed by atoms with Gasteiger partial charge < -0.3 is 11.1 Å². The minimum atomic E-state index is -0.0173. The Labute approximate surface area is 95.3 Å². The van der Waals surface area contributed by atoms with Crippen molar-refractivity contribution in [3.8, 4) is 0 Å². The minimum absolute atomic E-state index is 0.0173. The second-order valence-corrected chi connectivity index (χ2v) is 3.58. The third kappa shape index (κ3) is 3.62. The van der Waals surface area contributed by atoms with Crippen LogP contribution >= 0.6 is 0 Å². The maximum absolute atomic E-state index is 10.6. The van der Waals surface area contributed by atoms with Gasteiger partial charge in [-0.3, -0.25) is 4.79 Å². The zero-order chi connectivity index (χ0) is 12.0. The highest BCUT2D eigenvalue weighted by Crippen LogP contribution is 2.21. The summed E-state index contributed by atoms with van der Waals surface area (Å²) in [6.07, 6.45) is 1.66. The summed E-state index contributed by atoms with van der Waals surface area (Å²) >= 11 is 0. The van der Waals surface area contributed by atoms with E-state index in [0.717, 1.165) is 18.4 Å². The number of aryl methyl sites for hydroxylation is 1. The number of anilines is 1. The van der Waals surface area contributed by atoms with Crippen molar-refractivity contribution in [1.82, 2.24) is 5.32 Å². The Kier molecular flexibility index (Phi) is 4.34. The fourth-order valence-electron chi connectivity index (χ4n) is 1.42. The van der Waals surface area contributed by atoms with Crippen LogP contribution in [-0.4, -0.2) is 12.5 Å². The van der Waals surface area contributed by atoms with Crippen molar-refractivity contribution in [2.45, 2.75) is 19.8 Å². The van der Waals surface area contributed by atoms with Crippen molar-refractivity contribution in [3.63, 3.8) is 0 Å². The third-order valence-corrected chi connectivity index (χ3v) is 2.26. The summed E-state index contributed by atoms with van der Waals surface area (Å²) in [6.45, 7) is 9.00. The predicted molar refractivity (Wildman–Crippen MR) is 64.1 cm³/mol. The van der Waals surface area contributed by atoms with E-state index in [1.165, 1.54) is 6.92 Å². The molecule has 0 fully saturated rings. The minimum Gasteiger partial charge on any atom is -0.400 e. The van der Waals surface area contributed by atoms with Crippen molar-refractivity contribution in [3.05, 3.63) is 35.2 Å². The van der Waals surface area contributed by atoms with E-state index in [2.05, 4.69) is 10.2 Å². The van der Waals surface area contributed by atoms with Gasteiger partial charge in [0.15, 0.2) is 5.69 Å². The van der Waals surface area contributed by atoms with Crippen LogP contribution in [0.3, 0.4) is 0 Å². The first-order valence-electron chi connectivity index (χ1n) is 5.14. The molecule has 0 aromatic heterocycles. The maximum Gasteiger partial charge on any atom is 0.216 e. The van der Waals surface area contributed by atoms with Gasteiger partial charge in [-0.1, -0.05) is 12.1 Å². The van der Waals surface area contributed by atoms with E-state index in [0.29, 0.717) is 17.9 Å². The molecule has 1 aromatic rings. The van der Waals surface area contributed by atoms with Crippen LogP contribution in [0.25, 0.3) is 4.85 Å². The number of benzene rings is 1. The van der Waals surface area contributed by atoms with Gasteiger partial charge in [0.25, 0.3) is 0 Å². The lowest BCUT2D eigenvalue weighted by Gasteiger charge is -2.06. The molecule has 0 bridgehead atoms. The van der Waals surface area contributed by atoms with Crippen LogP contribution in [-0.2, 0) is 11.2 Å². The molecule has 16 heavy (non-hydrogen) atoms. The molecule has 0 saturated heterocycles. The summed E-state index contributed by atoms with van der Waals surface area (Å²) in [5.74, 6) is -0.0173. The van der Waals surface area contributed by atoms with Gasteiger partial charge in [-0.25, -0.2) is 4.85 Å². The van der Waals surface area contributed by atoms with Gasteiger partial charge in [0.2, 0.25) is 5.91 Å². The first-order chi connectivity index (χ1) is 7.63. The van der Waals surface area contributed by atoms with E-state index < -0.39 is 0 Å². The highest BCUT2D eigenvalue weighted by molar-refractivity contribution is 5.72. The van der Waals surface area contributed by atoms with Gasteiger partial charge in [-0.15, -0.1) is 0 Å². The average molecular weight is 217 g/mol. The van der Waals surface area contributed by atoms with Gasteiger partial charge in [0, 0.05) is 19.2 Å². The fourth-order valence-corrected chi connectivity index (χ4v) is 1.42. The van der Waals surface area contributed by atoms with Crippen LogP contribution in [0, 0.1) is 6.57 Å². The highest BCUT2D eigenvalue weighted by Gasteiger charge is 2.00. The Bertz CT molecular complexity index is 421. The second-order valence-electron chi connectivity index (χ2n) is 3.58. The molecule has 1 amide bonds. The zero-order valence-electron chi connectivity index (χ0n) is 9.29. The fraction of sp³-hybridized carbons (Fsp3) is 0.333. The van der Waals surface area contributed by atoms with E-state index in [1.807, 2.05) is 6.07 Å². The molecule has 84 valence electrons. The third-order valence-electron chi connectivity index (χ3n) is 2.26. The number of nitrogens with two attached hydrogens (primary N) is 1. The standard InChI is InChI=1S/C12H15N3O/c1-9(16)15-7-3-4-10-5-6-11(14-2)8-12(10)13/h5-6,8H,3-4,7,13H2,1H3,(H,15,16). The molecular weight excluding hydrogens is 202 g/mol. The van der Waals surface area contributed by atoms with E-state index in [9.17, 15) is 4.79 Å². The number of nitrogens with zero attached hydrogens (tertiary/aromatic N) is 1. The van der Waals surface area contributed by atoms with E-state index in [4.69, 9.17) is 12.3 Å². The zero-order valence-corrected chi connectivity index (χ0v) is 9.29. The first-order valence-corrected chi connectivity index (χ1v) is 5.14. The van der Waals surface area contributed by atoms with E-state index >= 15 is 0 Å². The normalized spacial score (nSPS) is 9.50. The molecule has 0 saturated carbocycles. The quantitative estimate of drug-likeness (QED) is 0.459. The maximum atomic E-state index is 10.6. The molecule has 0 aliphatic carbocycles. The molecule has 0 spiro atoms. The molecule has 0 aliphatic heterocycles. The summed E-state index contributed by atoms with van der Waals surface area (Å²) in [6, 6.07) is 5.31.